The van der Waals surface area contributed by atoms with Gasteiger partial charge in [-0.2, -0.15) is 0 Å². The predicted molar refractivity (Wildman–Crippen MR) is 73.3 cm³/mol. The molecule has 18 heavy (non-hydrogen) atoms. The molecule has 1 aromatic rings. The maximum absolute atomic E-state index is 13.8. The van der Waals surface area contributed by atoms with E-state index in [1.165, 1.54) is 0 Å². The molecule has 0 saturated carbocycles. The number of benzene rings is 1. The molecule has 0 saturated heterocycles. The van der Waals surface area contributed by atoms with Crippen molar-refractivity contribution >= 4 is 0 Å². The molecular weight excluding hydrogens is 229 g/mol. The second-order valence-corrected chi connectivity index (χ2v) is 4.77. The third-order valence-electron chi connectivity index (χ3n) is 2.97. The van der Waals surface area contributed by atoms with E-state index < -0.39 is 0 Å². The Balaban J connectivity index is 2.51. The van der Waals surface area contributed by atoms with E-state index in [0.29, 0.717) is 24.8 Å². The lowest BCUT2D eigenvalue weighted by Gasteiger charge is -2.12. The molecule has 0 fully saturated rings. The third-order valence-corrected chi connectivity index (χ3v) is 2.97. The van der Waals surface area contributed by atoms with Gasteiger partial charge in [0.2, 0.25) is 0 Å². The number of rotatable bonds is 8. The molecule has 1 atom stereocenters. The largest absolute Gasteiger partial charge is 0.490 e. The molecule has 1 N–H and O–H groups in total. The van der Waals surface area contributed by atoms with Gasteiger partial charge in [0, 0.05) is 6.54 Å². The summed E-state index contributed by atoms with van der Waals surface area (Å²) in [5, 5.41) is 3.25. The van der Waals surface area contributed by atoms with Crippen LogP contribution in [-0.4, -0.2) is 13.2 Å². The van der Waals surface area contributed by atoms with Crippen molar-refractivity contribution in [1.82, 2.24) is 5.32 Å². The van der Waals surface area contributed by atoms with Crippen LogP contribution < -0.4 is 10.1 Å². The first-order valence-electron chi connectivity index (χ1n) is 6.79. The van der Waals surface area contributed by atoms with Gasteiger partial charge in [-0.1, -0.05) is 33.3 Å². The van der Waals surface area contributed by atoms with Crippen LogP contribution in [-0.2, 0) is 6.54 Å². The maximum Gasteiger partial charge on any atom is 0.165 e. The van der Waals surface area contributed by atoms with Crippen molar-refractivity contribution in [1.29, 1.82) is 0 Å². The topological polar surface area (TPSA) is 21.3 Å². The molecule has 0 bridgehead atoms. The molecular formula is C15H24FNO. The van der Waals surface area contributed by atoms with Crippen LogP contribution in [0.15, 0.2) is 18.2 Å². The molecule has 0 aliphatic heterocycles. The molecule has 1 aromatic carbocycles. The normalized spacial score (nSPS) is 12.4. The van der Waals surface area contributed by atoms with Crippen molar-refractivity contribution in [3.8, 4) is 5.75 Å². The Labute approximate surface area is 110 Å². The van der Waals surface area contributed by atoms with Gasteiger partial charge >= 0.3 is 0 Å². The fourth-order valence-electron chi connectivity index (χ4n) is 1.53. The van der Waals surface area contributed by atoms with Crippen LogP contribution in [0.25, 0.3) is 0 Å². The second-order valence-electron chi connectivity index (χ2n) is 4.77. The van der Waals surface area contributed by atoms with E-state index in [4.69, 9.17) is 4.74 Å². The minimum absolute atomic E-state index is 0.269. The summed E-state index contributed by atoms with van der Waals surface area (Å²) in [6.07, 6.45) is 2.12. The zero-order valence-corrected chi connectivity index (χ0v) is 11.6. The molecule has 3 heteroatoms. The highest BCUT2D eigenvalue weighted by molar-refractivity contribution is 5.29. The van der Waals surface area contributed by atoms with Crippen LogP contribution in [0.4, 0.5) is 4.39 Å². The smallest absolute Gasteiger partial charge is 0.165 e. The lowest BCUT2D eigenvalue weighted by atomic mass is 10.1. The number of ether oxygens (including phenoxy) is 1. The van der Waals surface area contributed by atoms with E-state index in [2.05, 4.69) is 26.1 Å². The quantitative estimate of drug-likeness (QED) is 0.712. The Morgan fingerprint density at radius 2 is 2.11 bits per heavy atom. The summed E-state index contributed by atoms with van der Waals surface area (Å²) in [6, 6.07) is 5.19. The summed E-state index contributed by atoms with van der Waals surface area (Å²) in [6.45, 7) is 8.54. The molecule has 1 unspecified atom stereocenters. The van der Waals surface area contributed by atoms with Crippen molar-refractivity contribution in [2.45, 2.75) is 40.2 Å². The van der Waals surface area contributed by atoms with Crippen LogP contribution in [0, 0.1) is 11.7 Å². The third kappa shape index (κ3) is 5.05. The summed E-state index contributed by atoms with van der Waals surface area (Å²) in [5.74, 6) is 0.541. The van der Waals surface area contributed by atoms with Gasteiger partial charge in [0.25, 0.3) is 0 Å². The molecule has 0 aliphatic carbocycles. The van der Waals surface area contributed by atoms with Crippen LogP contribution in [0.3, 0.4) is 0 Å². The molecule has 0 radical (unpaired) electrons. The van der Waals surface area contributed by atoms with Gasteiger partial charge in [0.1, 0.15) is 0 Å². The average molecular weight is 253 g/mol. The van der Waals surface area contributed by atoms with Gasteiger partial charge in [0.05, 0.1) is 6.61 Å². The lowest BCUT2D eigenvalue weighted by Crippen LogP contribution is -2.14. The summed E-state index contributed by atoms with van der Waals surface area (Å²) in [7, 11) is 0. The Hall–Kier alpha value is -1.09. The van der Waals surface area contributed by atoms with E-state index in [1.807, 2.05) is 6.07 Å². The lowest BCUT2D eigenvalue weighted by molar-refractivity contribution is 0.246. The molecule has 0 spiro atoms. The minimum atomic E-state index is -0.269. The van der Waals surface area contributed by atoms with Gasteiger partial charge in [-0.05, 0) is 36.6 Å². The first kappa shape index (κ1) is 15.0. The summed E-state index contributed by atoms with van der Waals surface area (Å²) < 4.78 is 19.2. The van der Waals surface area contributed by atoms with Gasteiger partial charge in [-0.3, -0.25) is 0 Å². The van der Waals surface area contributed by atoms with Crippen LogP contribution in [0.1, 0.15) is 39.2 Å². The first-order valence-corrected chi connectivity index (χ1v) is 6.79. The van der Waals surface area contributed by atoms with E-state index in [1.54, 1.807) is 12.1 Å². The number of halogens is 1. The standard InChI is InChI=1S/C15H24FNO/c1-4-8-17-10-13-6-7-15(14(16)9-13)18-11-12(3)5-2/h6-7,9,12,17H,4-5,8,10-11H2,1-3H3. The molecule has 1 rings (SSSR count). The van der Waals surface area contributed by atoms with E-state index >= 15 is 0 Å². The fraction of sp³-hybridized carbons (Fsp3) is 0.600. The minimum Gasteiger partial charge on any atom is -0.490 e. The Kier molecular flexibility index (Phi) is 6.73. The van der Waals surface area contributed by atoms with Crippen molar-refractivity contribution in [3.05, 3.63) is 29.6 Å². The zero-order valence-electron chi connectivity index (χ0n) is 11.6. The van der Waals surface area contributed by atoms with E-state index in [9.17, 15) is 4.39 Å². The average Bonchev–Trinajstić information content (AvgIpc) is 2.37. The van der Waals surface area contributed by atoms with Crippen molar-refractivity contribution in [2.24, 2.45) is 5.92 Å². The number of nitrogens with one attached hydrogen (secondary N) is 1. The highest BCUT2D eigenvalue weighted by atomic mass is 19.1. The van der Waals surface area contributed by atoms with Gasteiger partial charge in [-0.25, -0.2) is 4.39 Å². The summed E-state index contributed by atoms with van der Waals surface area (Å²) in [5.41, 5.74) is 0.955. The Morgan fingerprint density at radius 1 is 1.33 bits per heavy atom. The van der Waals surface area contributed by atoms with E-state index in [-0.39, 0.29) is 5.82 Å². The highest BCUT2D eigenvalue weighted by Gasteiger charge is 2.06. The molecule has 2 nitrogen and oxygen atoms in total. The van der Waals surface area contributed by atoms with Crippen LogP contribution in [0.2, 0.25) is 0 Å². The second kappa shape index (κ2) is 8.09. The number of hydrogen-bond acceptors (Lipinski definition) is 2. The SMILES string of the molecule is CCCNCc1ccc(OCC(C)CC)c(F)c1. The molecule has 0 aromatic heterocycles. The van der Waals surface area contributed by atoms with Gasteiger partial charge in [-0.15, -0.1) is 0 Å². The highest BCUT2D eigenvalue weighted by Crippen LogP contribution is 2.19. The van der Waals surface area contributed by atoms with Crippen molar-refractivity contribution < 1.29 is 9.13 Å². The molecule has 0 aliphatic rings. The van der Waals surface area contributed by atoms with Crippen LogP contribution in [0.5, 0.6) is 5.75 Å². The Bertz CT molecular complexity index is 354. The monoisotopic (exact) mass is 253 g/mol. The number of hydrogen-bond donors (Lipinski definition) is 1. The van der Waals surface area contributed by atoms with Gasteiger partial charge in [0.15, 0.2) is 11.6 Å². The molecule has 102 valence electrons. The van der Waals surface area contributed by atoms with Gasteiger partial charge < -0.3 is 10.1 Å². The predicted octanol–water partition coefficient (Wildman–Crippen LogP) is 3.75. The Morgan fingerprint density at radius 3 is 2.72 bits per heavy atom. The zero-order chi connectivity index (χ0) is 13.4. The maximum atomic E-state index is 13.8. The van der Waals surface area contributed by atoms with Crippen molar-refractivity contribution in [3.63, 3.8) is 0 Å². The van der Waals surface area contributed by atoms with Crippen molar-refractivity contribution in [2.75, 3.05) is 13.2 Å². The molecule has 0 amide bonds. The van der Waals surface area contributed by atoms with Crippen LogP contribution >= 0.6 is 0 Å². The van der Waals surface area contributed by atoms with E-state index in [0.717, 1.165) is 24.9 Å². The summed E-state index contributed by atoms with van der Waals surface area (Å²) in [4.78, 5) is 0. The molecule has 0 heterocycles. The fourth-order valence-corrected chi connectivity index (χ4v) is 1.53. The summed E-state index contributed by atoms with van der Waals surface area (Å²) >= 11 is 0. The first-order chi connectivity index (χ1) is 8.67.